The minimum absolute atomic E-state index is 0.0857. The van der Waals surface area contributed by atoms with E-state index in [2.05, 4.69) is 11.9 Å². The van der Waals surface area contributed by atoms with Crippen LogP contribution >= 0.6 is 23.6 Å². The molecule has 0 spiro atoms. The third kappa shape index (κ3) is 12.8. The van der Waals surface area contributed by atoms with E-state index in [0.29, 0.717) is 11.7 Å². The maximum atomic E-state index is 11.4. The molecule has 35 heavy (non-hydrogen) atoms. The highest BCUT2D eigenvalue weighted by Gasteiger charge is 2.25. The molecule has 1 N–H and O–H groups in total. The van der Waals surface area contributed by atoms with Crippen molar-refractivity contribution in [3.05, 3.63) is 29.3 Å². The van der Waals surface area contributed by atoms with Crippen molar-refractivity contribution in [1.29, 1.82) is 0 Å². The maximum Gasteiger partial charge on any atom is 0.304 e. The standard InChI is InChI=1S/C29H45NO3S2/c1-2-3-4-5-6-7-8-9-10-11-12-13-14-15-16-19-22-33-29(34)24(23-27(31)32)28-30-25-20-17-18-21-26(25)35-28/h17-18,20-21,24H,2-16,19,22-23H2,1H3,(H,31,32). The fourth-order valence-corrected chi connectivity index (χ4v) is 5.83. The third-order valence-electron chi connectivity index (χ3n) is 6.51. The van der Waals surface area contributed by atoms with E-state index >= 15 is 0 Å². The van der Waals surface area contributed by atoms with Gasteiger partial charge < -0.3 is 9.84 Å². The molecule has 0 radical (unpaired) electrons. The van der Waals surface area contributed by atoms with E-state index < -0.39 is 11.9 Å². The number of aliphatic carboxylic acids is 1. The Balaban J connectivity index is 1.49. The Morgan fingerprint density at radius 3 is 1.91 bits per heavy atom. The summed E-state index contributed by atoms with van der Waals surface area (Å²) in [5, 5.41) is 10.4. The van der Waals surface area contributed by atoms with Crippen molar-refractivity contribution in [3.63, 3.8) is 0 Å². The molecule has 0 fully saturated rings. The third-order valence-corrected chi connectivity index (χ3v) is 8.07. The first-order chi connectivity index (χ1) is 17.1. The van der Waals surface area contributed by atoms with Crippen molar-refractivity contribution < 1.29 is 14.6 Å². The van der Waals surface area contributed by atoms with Crippen LogP contribution in [0, 0.1) is 0 Å². The van der Waals surface area contributed by atoms with Crippen molar-refractivity contribution in [2.75, 3.05) is 6.61 Å². The molecule has 6 heteroatoms. The first-order valence-corrected chi connectivity index (χ1v) is 15.1. The highest BCUT2D eigenvalue weighted by atomic mass is 32.1. The molecule has 0 aliphatic rings. The Kier molecular flexibility index (Phi) is 15.9. The molecule has 0 aliphatic heterocycles. The average Bonchev–Trinajstić information content (AvgIpc) is 3.28. The fourth-order valence-electron chi connectivity index (χ4n) is 4.41. The van der Waals surface area contributed by atoms with Crippen LogP contribution in [0.25, 0.3) is 10.2 Å². The largest absolute Gasteiger partial charge is 0.486 e. The zero-order valence-electron chi connectivity index (χ0n) is 21.6. The monoisotopic (exact) mass is 519 g/mol. The zero-order valence-corrected chi connectivity index (χ0v) is 23.3. The molecule has 1 aromatic heterocycles. The number of rotatable bonds is 21. The summed E-state index contributed by atoms with van der Waals surface area (Å²) in [7, 11) is 0. The van der Waals surface area contributed by atoms with E-state index in [1.165, 1.54) is 101 Å². The van der Waals surface area contributed by atoms with Gasteiger partial charge in [-0.05, 0) is 30.8 Å². The summed E-state index contributed by atoms with van der Waals surface area (Å²) in [5.41, 5.74) is 0.878. The Morgan fingerprint density at radius 2 is 1.40 bits per heavy atom. The molecular weight excluding hydrogens is 474 g/mol. The molecule has 0 bridgehead atoms. The topological polar surface area (TPSA) is 59.4 Å². The van der Waals surface area contributed by atoms with Crippen LogP contribution in [0.2, 0.25) is 0 Å². The molecule has 1 heterocycles. The van der Waals surface area contributed by atoms with E-state index in [-0.39, 0.29) is 6.42 Å². The van der Waals surface area contributed by atoms with Crippen LogP contribution in [-0.4, -0.2) is 27.7 Å². The zero-order chi connectivity index (χ0) is 25.1. The van der Waals surface area contributed by atoms with Crippen LogP contribution in [0.3, 0.4) is 0 Å². The van der Waals surface area contributed by atoms with E-state index in [0.717, 1.165) is 28.1 Å². The molecule has 0 saturated carbocycles. The minimum atomic E-state index is -0.886. The van der Waals surface area contributed by atoms with Crippen molar-refractivity contribution in [3.8, 4) is 0 Å². The van der Waals surface area contributed by atoms with Crippen LogP contribution in [0.15, 0.2) is 24.3 Å². The first kappa shape index (κ1) is 29.7. The van der Waals surface area contributed by atoms with Crippen molar-refractivity contribution in [1.82, 2.24) is 4.98 Å². The van der Waals surface area contributed by atoms with Gasteiger partial charge in [-0.25, -0.2) is 4.98 Å². The second-order valence-electron chi connectivity index (χ2n) is 9.64. The Labute approximate surface area is 221 Å². The molecular formula is C29H45NO3S2. The average molecular weight is 520 g/mol. The lowest BCUT2D eigenvalue weighted by Gasteiger charge is -2.15. The van der Waals surface area contributed by atoms with Crippen LogP contribution in [-0.2, 0) is 9.53 Å². The van der Waals surface area contributed by atoms with Gasteiger partial charge in [-0.1, -0.05) is 115 Å². The molecule has 0 saturated heterocycles. The lowest BCUT2D eigenvalue weighted by atomic mass is 10.0. The number of carbonyl (C=O) groups is 1. The second-order valence-corrected chi connectivity index (χ2v) is 11.1. The lowest BCUT2D eigenvalue weighted by Crippen LogP contribution is -2.18. The van der Waals surface area contributed by atoms with Crippen molar-refractivity contribution in [2.24, 2.45) is 0 Å². The molecule has 196 valence electrons. The smallest absolute Gasteiger partial charge is 0.304 e. The van der Waals surface area contributed by atoms with Crippen LogP contribution in [0.1, 0.15) is 127 Å². The molecule has 0 amide bonds. The van der Waals surface area contributed by atoms with E-state index in [1.54, 1.807) is 0 Å². The molecule has 4 nitrogen and oxygen atoms in total. The number of fused-ring (bicyclic) bond motifs is 1. The van der Waals surface area contributed by atoms with Gasteiger partial charge in [-0.3, -0.25) is 4.79 Å². The summed E-state index contributed by atoms with van der Waals surface area (Å²) in [5.74, 6) is -1.36. The number of hydrogen-bond donors (Lipinski definition) is 1. The number of nitrogens with zero attached hydrogens (tertiary/aromatic N) is 1. The van der Waals surface area contributed by atoms with Crippen LogP contribution < -0.4 is 0 Å². The van der Waals surface area contributed by atoms with E-state index in [4.69, 9.17) is 17.0 Å². The van der Waals surface area contributed by atoms with Gasteiger partial charge in [0.1, 0.15) is 5.01 Å². The summed E-state index contributed by atoms with van der Waals surface area (Å²) in [4.78, 5) is 16.0. The Morgan fingerprint density at radius 1 is 0.886 bits per heavy atom. The summed E-state index contributed by atoms with van der Waals surface area (Å²) in [6, 6.07) is 7.83. The van der Waals surface area contributed by atoms with Gasteiger partial charge in [0, 0.05) is 0 Å². The van der Waals surface area contributed by atoms with Crippen LogP contribution in [0.5, 0.6) is 0 Å². The molecule has 0 aliphatic carbocycles. The SMILES string of the molecule is CCCCCCCCCCCCCCCCCCOC(=S)C(CC(=O)O)c1nc2ccccc2s1. The molecule has 1 unspecified atom stereocenters. The van der Waals surface area contributed by atoms with Crippen molar-refractivity contribution >= 4 is 44.8 Å². The first-order valence-electron chi connectivity index (χ1n) is 13.9. The number of ether oxygens (including phenoxy) is 1. The van der Waals surface area contributed by atoms with Gasteiger partial charge in [0.15, 0.2) is 5.05 Å². The van der Waals surface area contributed by atoms with Gasteiger partial charge in [-0.15, -0.1) is 11.3 Å². The number of para-hydroxylation sites is 1. The summed E-state index contributed by atoms with van der Waals surface area (Å²) >= 11 is 6.97. The predicted octanol–water partition coefficient (Wildman–Crippen LogP) is 9.46. The van der Waals surface area contributed by atoms with E-state index in [9.17, 15) is 9.90 Å². The predicted molar refractivity (Wildman–Crippen MR) is 153 cm³/mol. The quantitative estimate of drug-likeness (QED) is 0.131. The highest BCUT2D eigenvalue weighted by Crippen LogP contribution is 2.31. The minimum Gasteiger partial charge on any atom is -0.486 e. The summed E-state index contributed by atoms with van der Waals surface area (Å²) < 4.78 is 6.85. The number of thiazole rings is 1. The normalized spacial score (nSPS) is 12.1. The fraction of sp³-hybridized carbons (Fsp3) is 0.690. The van der Waals surface area contributed by atoms with E-state index in [1.807, 2.05) is 24.3 Å². The number of aromatic nitrogens is 1. The number of hydrogen-bond acceptors (Lipinski definition) is 5. The van der Waals surface area contributed by atoms with Gasteiger partial charge in [-0.2, -0.15) is 0 Å². The van der Waals surface area contributed by atoms with Gasteiger partial charge >= 0.3 is 5.97 Å². The number of benzene rings is 1. The molecule has 1 atom stereocenters. The Hall–Kier alpha value is -1.53. The molecule has 1 aromatic carbocycles. The van der Waals surface area contributed by atoms with Crippen molar-refractivity contribution in [2.45, 2.75) is 122 Å². The number of thiocarbonyl (C=S) groups is 1. The van der Waals surface area contributed by atoms with Crippen LogP contribution in [0.4, 0.5) is 0 Å². The lowest BCUT2D eigenvalue weighted by molar-refractivity contribution is -0.137. The maximum absolute atomic E-state index is 11.4. The number of unbranched alkanes of at least 4 members (excludes halogenated alkanes) is 15. The molecule has 2 aromatic rings. The Bertz CT molecular complexity index is 818. The number of carboxylic acid groups (broad SMARTS) is 1. The van der Waals surface area contributed by atoms with Gasteiger partial charge in [0.25, 0.3) is 0 Å². The molecule has 2 rings (SSSR count). The number of carboxylic acids is 1. The summed E-state index contributed by atoms with van der Waals surface area (Å²) in [6.45, 7) is 2.83. The second kappa shape index (κ2) is 18.7. The van der Waals surface area contributed by atoms with Gasteiger partial charge in [0.2, 0.25) is 0 Å². The summed E-state index contributed by atoms with van der Waals surface area (Å²) in [6.07, 6.45) is 21.2. The highest BCUT2D eigenvalue weighted by molar-refractivity contribution is 7.80. The van der Waals surface area contributed by atoms with Gasteiger partial charge in [0.05, 0.1) is 29.2 Å².